The first-order chi connectivity index (χ1) is 23.4. The zero-order chi connectivity index (χ0) is 35.1. The molecule has 0 aliphatic heterocycles. The lowest BCUT2D eigenvalue weighted by Crippen LogP contribution is -2.55. The van der Waals surface area contributed by atoms with E-state index < -0.39 is 28.5 Å². The van der Waals surface area contributed by atoms with E-state index in [1.807, 2.05) is 37.3 Å². The first-order valence-corrected chi connectivity index (χ1v) is 18.9. The van der Waals surface area contributed by atoms with Crippen LogP contribution in [0.15, 0.2) is 95.9 Å². The summed E-state index contributed by atoms with van der Waals surface area (Å²) in [6, 6.07) is 24.9. The minimum Gasteiger partial charge on any atom is -0.352 e. The molecule has 0 heterocycles. The van der Waals surface area contributed by atoms with E-state index >= 15 is 0 Å². The van der Waals surface area contributed by atoms with Crippen LogP contribution < -0.4 is 9.62 Å². The lowest BCUT2D eigenvalue weighted by molar-refractivity contribution is -0.140. The van der Waals surface area contributed by atoms with Crippen LogP contribution in [-0.4, -0.2) is 43.8 Å². The molecule has 4 aromatic rings. The number of benzene rings is 4. The summed E-state index contributed by atoms with van der Waals surface area (Å²) < 4.78 is 29.8. The maximum absolute atomic E-state index is 14.8. The average Bonchev–Trinajstić information content (AvgIpc) is 3.09. The van der Waals surface area contributed by atoms with Crippen molar-refractivity contribution in [2.45, 2.75) is 75.9 Å². The van der Waals surface area contributed by atoms with Gasteiger partial charge in [-0.3, -0.25) is 13.9 Å². The van der Waals surface area contributed by atoms with Gasteiger partial charge in [0.25, 0.3) is 10.0 Å². The predicted molar refractivity (Wildman–Crippen MR) is 198 cm³/mol. The summed E-state index contributed by atoms with van der Waals surface area (Å²) >= 11 is 19.1. The molecule has 1 aliphatic rings. The van der Waals surface area contributed by atoms with Crippen LogP contribution in [0.4, 0.5) is 5.69 Å². The third-order valence-corrected chi connectivity index (χ3v) is 11.9. The van der Waals surface area contributed by atoms with Gasteiger partial charge in [-0.15, -0.1) is 0 Å². The smallest absolute Gasteiger partial charge is 0.264 e. The molecule has 0 bridgehead atoms. The van der Waals surface area contributed by atoms with Crippen molar-refractivity contribution in [3.8, 4) is 0 Å². The van der Waals surface area contributed by atoms with E-state index in [1.165, 1.54) is 17.0 Å². The number of aryl methyl sites for hydroxylation is 1. The summed E-state index contributed by atoms with van der Waals surface area (Å²) in [5.74, 6) is -0.864. The summed E-state index contributed by atoms with van der Waals surface area (Å²) in [5, 5.41) is 4.23. The lowest BCUT2D eigenvalue weighted by Gasteiger charge is -2.35. The highest BCUT2D eigenvalue weighted by Crippen LogP contribution is 2.32. The van der Waals surface area contributed by atoms with Crippen molar-refractivity contribution >= 4 is 62.3 Å². The Kier molecular flexibility index (Phi) is 12.3. The highest BCUT2D eigenvalue weighted by Gasteiger charge is 2.36. The van der Waals surface area contributed by atoms with Crippen molar-refractivity contribution < 1.29 is 18.0 Å². The molecule has 1 atom stereocenters. The van der Waals surface area contributed by atoms with Crippen molar-refractivity contribution in [3.63, 3.8) is 0 Å². The van der Waals surface area contributed by atoms with E-state index in [0.717, 1.165) is 47.5 Å². The molecule has 11 heteroatoms. The van der Waals surface area contributed by atoms with Gasteiger partial charge in [0.2, 0.25) is 11.8 Å². The molecule has 49 heavy (non-hydrogen) atoms. The monoisotopic (exact) mass is 739 g/mol. The van der Waals surface area contributed by atoms with Gasteiger partial charge in [0, 0.05) is 24.0 Å². The fraction of sp³-hybridized carbons (Fsp3) is 0.316. The zero-order valence-corrected chi connectivity index (χ0v) is 30.6. The first-order valence-electron chi connectivity index (χ1n) is 16.4. The summed E-state index contributed by atoms with van der Waals surface area (Å²) in [7, 11) is -4.26. The number of nitrogens with zero attached hydrogens (tertiary/aromatic N) is 2. The van der Waals surface area contributed by atoms with Crippen LogP contribution in [0.25, 0.3) is 0 Å². The molecule has 1 saturated carbocycles. The Morgan fingerprint density at radius 3 is 2.16 bits per heavy atom. The van der Waals surface area contributed by atoms with Crippen molar-refractivity contribution in [2.75, 3.05) is 10.8 Å². The molecule has 0 radical (unpaired) electrons. The van der Waals surface area contributed by atoms with Gasteiger partial charge < -0.3 is 10.2 Å². The second-order valence-corrected chi connectivity index (χ2v) is 15.6. The number of hydrogen-bond donors (Lipinski definition) is 1. The molecule has 1 unspecified atom stereocenters. The summed E-state index contributed by atoms with van der Waals surface area (Å²) in [4.78, 5) is 30.5. The van der Waals surface area contributed by atoms with Gasteiger partial charge in [0.15, 0.2) is 0 Å². The number of carbonyl (C=O) groups excluding carboxylic acids is 2. The topological polar surface area (TPSA) is 86.8 Å². The number of amides is 2. The van der Waals surface area contributed by atoms with Crippen LogP contribution in [0.1, 0.15) is 54.4 Å². The van der Waals surface area contributed by atoms with Crippen LogP contribution >= 0.6 is 34.8 Å². The molecule has 1 N–H and O–H groups in total. The molecule has 5 rings (SSSR count). The molecule has 0 saturated heterocycles. The van der Waals surface area contributed by atoms with Gasteiger partial charge in [0.1, 0.15) is 12.6 Å². The number of carbonyl (C=O) groups is 2. The molecule has 0 aromatic heterocycles. The number of hydrogen-bond acceptors (Lipinski definition) is 4. The highest BCUT2D eigenvalue weighted by molar-refractivity contribution is 7.92. The Hall–Kier alpha value is -3.56. The molecule has 7 nitrogen and oxygen atoms in total. The fourth-order valence-electron chi connectivity index (χ4n) is 6.15. The molecular formula is C38H40Cl3N3O4S. The zero-order valence-electron chi connectivity index (χ0n) is 27.5. The molecular weight excluding hydrogens is 701 g/mol. The second-order valence-electron chi connectivity index (χ2n) is 12.5. The number of anilines is 1. The van der Waals surface area contributed by atoms with E-state index in [4.69, 9.17) is 34.8 Å². The van der Waals surface area contributed by atoms with Gasteiger partial charge in [-0.25, -0.2) is 8.42 Å². The van der Waals surface area contributed by atoms with Crippen LogP contribution in [0.3, 0.4) is 0 Å². The van der Waals surface area contributed by atoms with Gasteiger partial charge in [-0.05, 0) is 79.8 Å². The maximum Gasteiger partial charge on any atom is 0.264 e. The third-order valence-electron chi connectivity index (χ3n) is 8.96. The number of halogens is 3. The Morgan fingerprint density at radius 2 is 1.49 bits per heavy atom. The second kappa shape index (κ2) is 16.4. The largest absolute Gasteiger partial charge is 0.352 e. The van der Waals surface area contributed by atoms with Gasteiger partial charge in [-0.2, -0.15) is 0 Å². The quantitative estimate of drug-likeness (QED) is 0.158. The van der Waals surface area contributed by atoms with E-state index in [0.29, 0.717) is 26.2 Å². The predicted octanol–water partition coefficient (Wildman–Crippen LogP) is 8.55. The number of rotatable bonds is 12. The highest BCUT2D eigenvalue weighted by atomic mass is 35.5. The molecule has 0 spiro atoms. The van der Waals surface area contributed by atoms with Crippen molar-refractivity contribution in [2.24, 2.45) is 0 Å². The Balaban J connectivity index is 1.60. The molecule has 4 aromatic carbocycles. The molecule has 1 aliphatic carbocycles. The summed E-state index contributed by atoms with van der Waals surface area (Å²) in [5.41, 5.74) is 3.15. The summed E-state index contributed by atoms with van der Waals surface area (Å²) in [6.45, 7) is 2.98. The lowest BCUT2D eigenvalue weighted by atomic mass is 9.94. The maximum atomic E-state index is 14.8. The molecule has 2 amide bonds. The van der Waals surface area contributed by atoms with E-state index in [9.17, 15) is 18.0 Å². The van der Waals surface area contributed by atoms with Crippen LogP contribution in [-0.2, 0) is 32.6 Å². The minimum atomic E-state index is -4.26. The average molecular weight is 741 g/mol. The molecule has 1 fully saturated rings. The number of nitrogens with one attached hydrogen (secondary N) is 1. The standard InChI is InChI=1S/C38H40Cl3N3O4S/c1-26-16-19-31(20-17-26)49(47,48)44(35-15-9-14-32(39)27(35)2)25-37(45)43(24-29-18-21-33(40)34(41)22-29)36(23-28-10-5-3-6-11-28)38(46)42-30-12-7-4-8-13-30/h3,5-6,9-11,14-22,30,36H,4,7-8,12-13,23-25H2,1-2H3,(H,42,46). The molecule has 258 valence electrons. The Bertz CT molecular complexity index is 1880. The van der Waals surface area contributed by atoms with Gasteiger partial charge in [-0.1, -0.05) is 114 Å². The third kappa shape index (κ3) is 9.17. The van der Waals surface area contributed by atoms with Gasteiger partial charge >= 0.3 is 0 Å². The van der Waals surface area contributed by atoms with Crippen molar-refractivity contribution in [3.05, 3.63) is 128 Å². The van der Waals surface area contributed by atoms with E-state index in [2.05, 4.69) is 5.32 Å². The fourth-order valence-corrected chi connectivity index (χ4v) is 8.11. The normalized spacial score (nSPS) is 14.2. The Labute approximate surface area is 304 Å². The van der Waals surface area contributed by atoms with E-state index in [1.54, 1.807) is 55.5 Å². The minimum absolute atomic E-state index is 0.00558. The van der Waals surface area contributed by atoms with Crippen LogP contribution in [0, 0.1) is 13.8 Å². The van der Waals surface area contributed by atoms with Gasteiger partial charge in [0.05, 0.1) is 20.6 Å². The Morgan fingerprint density at radius 1 is 0.796 bits per heavy atom. The summed E-state index contributed by atoms with van der Waals surface area (Å²) in [6.07, 6.45) is 5.10. The SMILES string of the molecule is Cc1ccc(S(=O)(=O)N(CC(=O)N(Cc2ccc(Cl)c(Cl)c2)C(Cc2ccccc2)C(=O)NC2CCCCC2)c2cccc(Cl)c2C)cc1. The van der Waals surface area contributed by atoms with Crippen molar-refractivity contribution in [1.82, 2.24) is 10.2 Å². The van der Waals surface area contributed by atoms with Crippen molar-refractivity contribution in [1.29, 1.82) is 0 Å². The number of sulfonamides is 1. The van der Waals surface area contributed by atoms with E-state index in [-0.39, 0.29) is 35.5 Å². The van der Waals surface area contributed by atoms with Crippen LogP contribution in [0.5, 0.6) is 0 Å². The first kappa shape index (κ1) is 36.7. The van der Waals surface area contributed by atoms with Crippen LogP contribution in [0.2, 0.25) is 15.1 Å².